The summed E-state index contributed by atoms with van der Waals surface area (Å²) in [6, 6.07) is 12.0. The molecule has 1 atom stereocenters. The van der Waals surface area contributed by atoms with Crippen molar-refractivity contribution in [1.29, 1.82) is 0 Å². The van der Waals surface area contributed by atoms with Crippen molar-refractivity contribution in [3.8, 4) is 11.1 Å². The molecule has 3 heterocycles. The third-order valence-corrected chi connectivity index (χ3v) is 5.68. The Morgan fingerprint density at radius 3 is 2.77 bits per heavy atom. The molecule has 0 spiro atoms. The first-order valence-electron chi connectivity index (χ1n) is 10.7. The van der Waals surface area contributed by atoms with Gasteiger partial charge >= 0.3 is 0 Å². The van der Waals surface area contributed by atoms with E-state index in [1.54, 1.807) is 23.5 Å². The summed E-state index contributed by atoms with van der Waals surface area (Å²) in [5.74, 6) is -0.0593. The smallest absolute Gasteiger partial charge is 0.289 e. The van der Waals surface area contributed by atoms with Crippen molar-refractivity contribution in [2.45, 2.75) is 19.8 Å². The molecule has 1 aliphatic heterocycles. The largest absolute Gasteiger partial charge is 0.341 e. The normalized spacial score (nSPS) is 16.9. The second-order valence-corrected chi connectivity index (χ2v) is 7.81. The Balaban J connectivity index is 1.63. The van der Waals surface area contributed by atoms with Crippen molar-refractivity contribution in [2.75, 3.05) is 26.2 Å². The van der Waals surface area contributed by atoms with E-state index in [1.165, 1.54) is 0 Å². The molecule has 1 aliphatic rings. The maximum atomic E-state index is 13.4. The van der Waals surface area contributed by atoms with Crippen molar-refractivity contribution in [3.63, 3.8) is 0 Å². The van der Waals surface area contributed by atoms with Gasteiger partial charge in [0.2, 0.25) is 5.91 Å². The van der Waals surface area contributed by atoms with Gasteiger partial charge in [0.05, 0.1) is 5.92 Å². The zero-order chi connectivity index (χ0) is 21.6. The van der Waals surface area contributed by atoms with Crippen LogP contribution in [0.3, 0.4) is 0 Å². The van der Waals surface area contributed by atoms with Crippen molar-refractivity contribution in [1.82, 2.24) is 24.8 Å². The third-order valence-electron chi connectivity index (χ3n) is 5.68. The molecule has 2 amide bonds. The summed E-state index contributed by atoms with van der Waals surface area (Å²) in [6.07, 6.45) is 8.25. The van der Waals surface area contributed by atoms with E-state index in [9.17, 15) is 9.59 Å². The monoisotopic (exact) mass is 417 g/mol. The number of pyridine rings is 1. The summed E-state index contributed by atoms with van der Waals surface area (Å²) in [4.78, 5) is 41.2. The van der Waals surface area contributed by atoms with E-state index in [2.05, 4.69) is 34.0 Å². The van der Waals surface area contributed by atoms with Crippen LogP contribution in [0.2, 0.25) is 0 Å². The van der Waals surface area contributed by atoms with Gasteiger partial charge in [0.1, 0.15) is 0 Å². The first-order chi connectivity index (χ1) is 15.2. The molecule has 7 heteroatoms. The van der Waals surface area contributed by atoms with E-state index in [-0.39, 0.29) is 17.7 Å². The molecule has 1 N–H and O–H groups in total. The molecule has 0 unspecified atom stereocenters. The first-order valence-corrected chi connectivity index (χ1v) is 10.7. The number of nitrogens with zero attached hydrogens (tertiary/aromatic N) is 4. The molecule has 31 heavy (non-hydrogen) atoms. The lowest BCUT2D eigenvalue weighted by atomic mass is 9.91. The highest BCUT2D eigenvalue weighted by atomic mass is 16.2. The summed E-state index contributed by atoms with van der Waals surface area (Å²) < 4.78 is 0. The molecule has 4 rings (SSSR count). The molecule has 0 saturated carbocycles. The molecular formula is C24H27N5O2. The van der Waals surface area contributed by atoms with Gasteiger partial charge in [-0.1, -0.05) is 37.3 Å². The van der Waals surface area contributed by atoms with E-state index in [0.717, 1.165) is 23.1 Å². The van der Waals surface area contributed by atoms with Gasteiger partial charge in [0, 0.05) is 56.5 Å². The number of rotatable bonds is 6. The average Bonchev–Trinajstić information content (AvgIpc) is 3.30. The number of aromatic amines is 1. The van der Waals surface area contributed by atoms with Crippen molar-refractivity contribution < 1.29 is 9.59 Å². The van der Waals surface area contributed by atoms with E-state index in [1.807, 2.05) is 35.4 Å². The molecule has 160 valence electrons. The van der Waals surface area contributed by atoms with Gasteiger partial charge in [0.25, 0.3) is 5.91 Å². The predicted molar refractivity (Wildman–Crippen MR) is 118 cm³/mol. The van der Waals surface area contributed by atoms with Gasteiger partial charge in [-0.15, -0.1) is 0 Å². The minimum Gasteiger partial charge on any atom is -0.341 e. The van der Waals surface area contributed by atoms with Crippen LogP contribution in [0.15, 0.2) is 61.2 Å². The Morgan fingerprint density at radius 1 is 1.16 bits per heavy atom. The molecule has 0 aliphatic carbocycles. The van der Waals surface area contributed by atoms with E-state index in [0.29, 0.717) is 38.4 Å². The van der Waals surface area contributed by atoms with Crippen LogP contribution in [0.25, 0.3) is 11.1 Å². The van der Waals surface area contributed by atoms with Gasteiger partial charge in [-0.25, -0.2) is 4.98 Å². The van der Waals surface area contributed by atoms with Crippen LogP contribution < -0.4 is 0 Å². The molecule has 3 aromatic rings. The van der Waals surface area contributed by atoms with E-state index < -0.39 is 0 Å². The molecule has 1 fully saturated rings. The summed E-state index contributed by atoms with van der Waals surface area (Å²) in [5.41, 5.74) is 3.17. The van der Waals surface area contributed by atoms with Crippen molar-refractivity contribution in [3.05, 3.63) is 72.6 Å². The highest BCUT2D eigenvalue weighted by Crippen LogP contribution is 2.27. The quantitative estimate of drug-likeness (QED) is 0.668. The fourth-order valence-electron chi connectivity index (χ4n) is 4.17. The number of nitrogens with one attached hydrogen (secondary N) is 1. The summed E-state index contributed by atoms with van der Waals surface area (Å²) in [6.45, 7) is 4.19. The van der Waals surface area contributed by atoms with Crippen LogP contribution in [-0.2, 0) is 11.2 Å². The fraction of sp³-hybridized carbons (Fsp3) is 0.333. The molecule has 7 nitrogen and oxygen atoms in total. The Morgan fingerprint density at radius 2 is 2.03 bits per heavy atom. The average molecular weight is 418 g/mol. The zero-order valence-electron chi connectivity index (χ0n) is 17.7. The Labute approximate surface area is 182 Å². The second kappa shape index (κ2) is 9.55. The van der Waals surface area contributed by atoms with Gasteiger partial charge in [-0.2, -0.15) is 0 Å². The number of benzene rings is 1. The molecule has 2 aromatic heterocycles. The SMILES string of the molecule is CCCN1CCN(C(=O)c2ncc[nH]2)C[C@H](Cc2ccccc2-c2cccnc2)C1=O. The van der Waals surface area contributed by atoms with Crippen molar-refractivity contribution >= 4 is 11.8 Å². The lowest BCUT2D eigenvalue weighted by Crippen LogP contribution is -2.38. The van der Waals surface area contributed by atoms with Crippen LogP contribution >= 0.6 is 0 Å². The molecule has 0 bridgehead atoms. The lowest BCUT2D eigenvalue weighted by Gasteiger charge is -2.24. The number of H-pyrrole nitrogens is 1. The van der Waals surface area contributed by atoms with Gasteiger partial charge < -0.3 is 14.8 Å². The maximum absolute atomic E-state index is 13.4. The maximum Gasteiger partial charge on any atom is 0.289 e. The molecular weight excluding hydrogens is 390 g/mol. The lowest BCUT2D eigenvalue weighted by molar-refractivity contribution is -0.134. The van der Waals surface area contributed by atoms with Gasteiger partial charge in [-0.3, -0.25) is 14.6 Å². The van der Waals surface area contributed by atoms with Crippen LogP contribution in [-0.4, -0.2) is 62.7 Å². The predicted octanol–water partition coefficient (Wildman–Crippen LogP) is 3.03. The first kappa shape index (κ1) is 20.8. The third kappa shape index (κ3) is 4.66. The Bertz CT molecular complexity index is 1020. The summed E-state index contributed by atoms with van der Waals surface area (Å²) >= 11 is 0. The van der Waals surface area contributed by atoms with Crippen LogP contribution in [0.1, 0.15) is 29.5 Å². The van der Waals surface area contributed by atoms with Crippen LogP contribution in [0, 0.1) is 5.92 Å². The number of imidazole rings is 1. The highest BCUT2D eigenvalue weighted by Gasteiger charge is 2.33. The summed E-state index contributed by atoms with van der Waals surface area (Å²) in [5, 5.41) is 0. The summed E-state index contributed by atoms with van der Waals surface area (Å²) in [7, 11) is 0. The minimum atomic E-state index is -0.314. The number of hydrogen-bond donors (Lipinski definition) is 1. The zero-order valence-corrected chi connectivity index (χ0v) is 17.7. The highest BCUT2D eigenvalue weighted by molar-refractivity contribution is 5.91. The fourth-order valence-corrected chi connectivity index (χ4v) is 4.17. The Hall–Kier alpha value is -3.48. The number of carbonyl (C=O) groups excluding carboxylic acids is 2. The van der Waals surface area contributed by atoms with Gasteiger partial charge in [0.15, 0.2) is 5.82 Å². The topological polar surface area (TPSA) is 82.2 Å². The van der Waals surface area contributed by atoms with Crippen LogP contribution in [0.4, 0.5) is 0 Å². The van der Waals surface area contributed by atoms with Gasteiger partial charge in [-0.05, 0) is 30.0 Å². The number of hydrogen-bond acceptors (Lipinski definition) is 4. The molecule has 1 aromatic carbocycles. The number of carbonyl (C=O) groups is 2. The van der Waals surface area contributed by atoms with Crippen LogP contribution in [0.5, 0.6) is 0 Å². The minimum absolute atomic E-state index is 0.109. The Kier molecular flexibility index (Phi) is 6.40. The molecule has 1 saturated heterocycles. The molecule has 0 radical (unpaired) electrons. The standard InChI is InChI=1S/C24H27N5O2/c1-2-12-28-13-14-29(24(31)22-26-10-11-27-22)17-20(23(28)30)15-18-6-3-4-8-21(18)19-7-5-9-25-16-19/h3-11,16,20H,2,12-15,17H2,1H3,(H,26,27)/t20-/m0/s1. The number of aromatic nitrogens is 3. The second-order valence-electron chi connectivity index (χ2n) is 7.81. The van der Waals surface area contributed by atoms with E-state index >= 15 is 0 Å². The van der Waals surface area contributed by atoms with E-state index in [4.69, 9.17) is 0 Å². The van der Waals surface area contributed by atoms with Crippen molar-refractivity contribution in [2.24, 2.45) is 5.92 Å². The number of amides is 2.